The van der Waals surface area contributed by atoms with E-state index in [1.54, 1.807) is 18.3 Å². The zero-order chi connectivity index (χ0) is 14.7. The molecule has 1 fully saturated rings. The minimum atomic E-state index is -0.997. The fourth-order valence-electron chi connectivity index (χ4n) is 2.33. The number of carbonyl (C=O) groups is 1. The van der Waals surface area contributed by atoms with Gasteiger partial charge in [0.2, 0.25) is 0 Å². The van der Waals surface area contributed by atoms with Crippen LogP contribution in [0.2, 0.25) is 0 Å². The average Bonchev–Trinajstić information content (AvgIpc) is 2.91. The molecule has 0 amide bonds. The Morgan fingerprint density at radius 2 is 2.23 bits per heavy atom. The largest absolute Gasteiger partial charge is 1.00 e. The van der Waals surface area contributed by atoms with Crippen LogP contribution < -0.4 is 23.6 Å². The zero-order valence-electron chi connectivity index (χ0n) is 13.6. The van der Waals surface area contributed by atoms with E-state index < -0.39 is 5.97 Å². The summed E-state index contributed by atoms with van der Waals surface area (Å²) in [5, 5.41) is 9.02. The van der Waals surface area contributed by atoms with Crippen molar-refractivity contribution in [3.8, 4) is 5.75 Å². The number of fused-ring (bicyclic) bond motifs is 1. The molecule has 7 nitrogen and oxygen atoms in total. The van der Waals surface area contributed by atoms with Gasteiger partial charge in [-0.25, -0.2) is 9.78 Å². The van der Waals surface area contributed by atoms with Gasteiger partial charge < -0.3 is 16.0 Å². The molecule has 0 saturated carbocycles. The molecular weight excluding hydrogens is 281 g/mol. The molecule has 0 unspecified atom stereocenters. The van der Waals surface area contributed by atoms with Crippen molar-refractivity contribution < 1.29 is 39.7 Å². The van der Waals surface area contributed by atoms with E-state index in [9.17, 15) is 4.79 Å². The summed E-state index contributed by atoms with van der Waals surface area (Å²) in [6.07, 6.45) is 3.00. The second kappa shape index (κ2) is 7.65. The van der Waals surface area contributed by atoms with Crippen LogP contribution in [0.25, 0.3) is 5.65 Å². The number of pyridine rings is 1. The van der Waals surface area contributed by atoms with Crippen molar-refractivity contribution in [1.82, 2.24) is 14.3 Å². The SMILES string of the molecule is O=C(O)c1cnc2cc(OCCN3CCOCC3)ccn12.[H-].[Li+]. The van der Waals surface area contributed by atoms with Crippen LogP contribution in [0.1, 0.15) is 11.9 Å². The van der Waals surface area contributed by atoms with Gasteiger partial charge in [0, 0.05) is 31.9 Å². The summed E-state index contributed by atoms with van der Waals surface area (Å²) < 4.78 is 12.5. The standard InChI is InChI=1S/C14H17N3O4.Li.H/c18-14(19)12-10-15-13-9-11(1-2-17(12)13)21-8-5-16-3-6-20-7-4-16;;/h1-2,9-10H,3-8H2,(H,18,19);;/q;+1;-1. The number of carboxylic acid groups (broad SMARTS) is 1. The van der Waals surface area contributed by atoms with Crippen LogP contribution in [0.15, 0.2) is 24.5 Å². The van der Waals surface area contributed by atoms with Gasteiger partial charge in [-0.3, -0.25) is 9.30 Å². The number of imidazole rings is 1. The molecule has 0 aromatic carbocycles. The zero-order valence-corrected chi connectivity index (χ0v) is 12.6. The fraction of sp³-hybridized carbons (Fsp3) is 0.429. The number of ether oxygens (including phenoxy) is 2. The van der Waals surface area contributed by atoms with E-state index >= 15 is 0 Å². The van der Waals surface area contributed by atoms with Gasteiger partial charge in [-0.1, -0.05) is 0 Å². The Kier molecular flexibility index (Phi) is 5.86. The Balaban J connectivity index is 0.00000132. The molecule has 114 valence electrons. The maximum atomic E-state index is 11.0. The molecule has 22 heavy (non-hydrogen) atoms. The van der Waals surface area contributed by atoms with E-state index in [4.69, 9.17) is 14.6 Å². The first-order valence-electron chi connectivity index (χ1n) is 6.87. The van der Waals surface area contributed by atoms with Crippen molar-refractivity contribution in [2.45, 2.75) is 0 Å². The monoisotopic (exact) mass is 299 g/mol. The van der Waals surface area contributed by atoms with Crippen molar-refractivity contribution in [3.05, 3.63) is 30.2 Å². The van der Waals surface area contributed by atoms with Crippen molar-refractivity contribution in [2.24, 2.45) is 0 Å². The molecule has 0 bridgehead atoms. The van der Waals surface area contributed by atoms with Crippen LogP contribution >= 0.6 is 0 Å². The number of aromatic nitrogens is 2. The van der Waals surface area contributed by atoms with Gasteiger partial charge >= 0.3 is 24.8 Å². The van der Waals surface area contributed by atoms with Crippen molar-refractivity contribution in [3.63, 3.8) is 0 Å². The van der Waals surface area contributed by atoms with Crippen LogP contribution in [0.5, 0.6) is 5.75 Å². The number of morpholine rings is 1. The van der Waals surface area contributed by atoms with Crippen LogP contribution in [-0.4, -0.2) is 64.8 Å². The second-order valence-electron chi connectivity index (χ2n) is 4.84. The topological polar surface area (TPSA) is 76.3 Å². The van der Waals surface area contributed by atoms with E-state index in [1.807, 2.05) is 0 Å². The van der Waals surface area contributed by atoms with E-state index in [2.05, 4.69) is 9.88 Å². The normalized spacial score (nSPS) is 15.5. The third-order valence-corrected chi connectivity index (χ3v) is 3.48. The molecule has 2 aromatic rings. The summed E-state index contributed by atoms with van der Waals surface area (Å²) in [6, 6.07) is 3.49. The molecule has 0 aliphatic carbocycles. The third kappa shape index (κ3) is 3.81. The summed E-state index contributed by atoms with van der Waals surface area (Å²) in [5.74, 6) is -0.304. The van der Waals surface area contributed by atoms with Gasteiger partial charge in [0.1, 0.15) is 18.0 Å². The van der Waals surface area contributed by atoms with Crippen LogP contribution in [-0.2, 0) is 4.74 Å². The maximum Gasteiger partial charge on any atom is 1.00 e. The van der Waals surface area contributed by atoms with Crippen molar-refractivity contribution in [2.75, 3.05) is 39.5 Å². The van der Waals surface area contributed by atoms with E-state index in [1.165, 1.54) is 10.6 Å². The van der Waals surface area contributed by atoms with E-state index in [-0.39, 0.29) is 26.0 Å². The van der Waals surface area contributed by atoms with Gasteiger partial charge in [-0.2, -0.15) is 0 Å². The van der Waals surface area contributed by atoms with Gasteiger partial charge in [-0.15, -0.1) is 0 Å². The molecule has 1 aliphatic rings. The molecule has 8 heteroatoms. The minimum absolute atomic E-state index is 0. The first kappa shape index (κ1) is 16.8. The molecule has 3 heterocycles. The average molecular weight is 299 g/mol. The molecule has 0 spiro atoms. The quantitative estimate of drug-likeness (QED) is 0.635. The number of aromatic carboxylic acids is 1. The first-order chi connectivity index (χ1) is 10.2. The number of rotatable bonds is 5. The number of carboxylic acids is 1. The molecule has 0 atom stereocenters. The molecule has 0 radical (unpaired) electrons. The summed E-state index contributed by atoms with van der Waals surface area (Å²) >= 11 is 0. The van der Waals surface area contributed by atoms with Crippen molar-refractivity contribution >= 4 is 11.6 Å². The van der Waals surface area contributed by atoms with E-state index in [0.29, 0.717) is 18.0 Å². The van der Waals surface area contributed by atoms with Crippen LogP contribution in [0, 0.1) is 0 Å². The molecule has 1 aliphatic heterocycles. The Morgan fingerprint density at radius 1 is 1.45 bits per heavy atom. The minimum Gasteiger partial charge on any atom is -1.00 e. The second-order valence-corrected chi connectivity index (χ2v) is 4.84. The Morgan fingerprint density at radius 3 is 2.95 bits per heavy atom. The summed E-state index contributed by atoms with van der Waals surface area (Å²) in [6.45, 7) is 4.86. The summed E-state index contributed by atoms with van der Waals surface area (Å²) in [4.78, 5) is 17.4. The van der Waals surface area contributed by atoms with Gasteiger partial charge in [-0.05, 0) is 6.07 Å². The van der Waals surface area contributed by atoms with Crippen molar-refractivity contribution in [1.29, 1.82) is 0 Å². The molecule has 1 saturated heterocycles. The third-order valence-electron chi connectivity index (χ3n) is 3.48. The van der Waals surface area contributed by atoms with Crippen LogP contribution in [0.3, 0.4) is 0 Å². The first-order valence-corrected chi connectivity index (χ1v) is 6.87. The smallest absolute Gasteiger partial charge is 1.00 e. The Labute approximate surface area is 141 Å². The van der Waals surface area contributed by atoms with Gasteiger partial charge in [0.15, 0.2) is 5.69 Å². The Hall–Kier alpha value is -1.52. The molecule has 2 aromatic heterocycles. The maximum absolute atomic E-state index is 11.0. The van der Waals surface area contributed by atoms with E-state index in [0.717, 1.165) is 32.8 Å². The predicted molar refractivity (Wildman–Crippen MR) is 76.0 cm³/mol. The predicted octanol–water partition coefficient (Wildman–Crippen LogP) is -2.14. The molecule has 1 N–H and O–H groups in total. The van der Waals surface area contributed by atoms with Gasteiger partial charge in [0.05, 0.1) is 19.4 Å². The number of hydrogen-bond acceptors (Lipinski definition) is 5. The van der Waals surface area contributed by atoms with Crippen LogP contribution in [0.4, 0.5) is 0 Å². The summed E-state index contributed by atoms with van der Waals surface area (Å²) in [5.41, 5.74) is 0.709. The molecule has 3 rings (SSSR count). The Bertz CT molecular complexity index is 646. The number of hydrogen-bond donors (Lipinski definition) is 1. The summed E-state index contributed by atoms with van der Waals surface area (Å²) in [7, 11) is 0. The van der Waals surface area contributed by atoms with Gasteiger partial charge in [0.25, 0.3) is 0 Å². The number of nitrogens with zero attached hydrogens (tertiary/aromatic N) is 3. The molecular formula is C14H18LiN3O4. The fourth-order valence-corrected chi connectivity index (χ4v) is 2.33.